The highest BCUT2D eigenvalue weighted by Gasteiger charge is 2.46. The van der Waals surface area contributed by atoms with Crippen LogP contribution in [-0.4, -0.2) is 23.0 Å². The summed E-state index contributed by atoms with van der Waals surface area (Å²) in [6.07, 6.45) is 1.33. The van der Waals surface area contributed by atoms with Crippen LogP contribution >= 0.6 is 33.9 Å². The summed E-state index contributed by atoms with van der Waals surface area (Å²) in [4.78, 5) is 23.7. The molecule has 4 nitrogen and oxygen atoms in total. The van der Waals surface area contributed by atoms with Gasteiger partial charge in [0.25, 0.3) is 5.91 Å². The Morgan fingerprint density at radius 2 is 2.10 bits per heavy atom. The van der Waals surface area contributed by atoms with E-state index in [1.54, 1.807) is 11.3 Å². The van der Waals surface area contributed by atoms with Crippen LogP contribution in [0.3, 0.4) is 0 Å². The van der Waals surface area contributed by atoms with Gasteiger partial charge >= 0.3 is 5.97 Å². The number of carbonyl (C=O) groups excluding carboxylic acids is 1. The highest BCUT2D eigenvalue weighted by atomic mass is 127. The first-order valence-corrected chi connectivity index (χ1v) is 8.97. The number of aliphatic carboxylic acids is 1. The number of nitrogens with one attached hydrogen (secondary N) is 1. The van der Waals surface area contributed by atoms with Crippen molar-refractivity contribution >= 4 is 45.8 Å². The van der Waals surface area contributed by atoms with Crippen molar-refractivity contribution in [3.63, 3.8) is 0 Å². The largest absolute Gasteiger partial charge is 0.481 e. The molecule has 1 aliphatic rings. The van der Waals surface area contributed by atoms with Crippen molar-refractivity contribution in [2.45, 2.75) is 39.7 Å². The van der Waals surface area contributed by atoms with Gasteiger partial charge in [-0.1, -0.05) is 20.8 Å². The van der Waals surface area contributed by atoms with Gasteiger partial charge in [0, 0.05) is 11.4 Å². The molecule has 0 spiro atoms. The molecule has 2 N–H and O–H groups in total. The van der Waals surface area contributed by atoms with E-state index in [1.807, 2.05) is 32.2 Å². The SMILES string of the molecule is CC1C(NC(=O)c2csc(I)c2)CCC(C(=O)O)C1(C)C. The quantitative estimate of drug-likeness (QED) is 0.733. The molecule has 0 aromatic carbocycles. The smallest absolute Gasteiger partial charge is 0.307 e. The molecule has 0 saturated heterocycles. The molecule has 3 unspecified atom stereocenters. The summed E-state index contributed by atoms with van der Waals surface area (Å²) in [6, 6.07) is 1.90. The number of amides is 1. The fourth-order valence-electron chi connectivity index (χ4n) is 3.12. The molecule has 116 valence electrons. The minimum absolute atomic E-state index is 0.0284. The average molecular weight is 421 g/mol. The van der Waals surface area contributed by atoms with Crippen LogP contribution in [0, 0.1) is 20.1 Å². The summed E-state index contributed by atoms with van der Waals surface area (Å²) in [5.41, 5.74) is 0.361. The van der Waals surface area contributed by atoms with Crippen LogP contribution in [0.4, 0.5) is 0 Å². The summed E-state index contributed by atoms with van der Waals surface area (Å²) in [6.45, 7) is 6.02. The lowest BCUT2D eigenvalue weighted by molar-refractivity contribution is -0.150. The van der Waals surface area contributed by atoms with Gasteiger partial charge < -0.3 is 10.4 Å². The standard InChI is InChI=1S/C15H20INO3S/c1-8-11(5-4-10(14(19)20)15(8,2)3)17-13(18)9-6-12(16)21-7-9/h6-8,10-11H,4-5H2,1-3H3,(H,17,18)(H,19,20). The number of halogens is 1. The molecule has 1 amide bonds. The molecular formula is C15H20INO3S. The summed E-state index contributed by atoms with van der Waals surface area (Å²) in [5, 5.41) is 14.3. The zero-order valence-electron chi connectivity index (χ0n) is 12.4. The molecule has 1 aliphatic carbocycles. The van der Waals surface area contributed by atoms with Crippen LogP contribution in [0.1, 0.15) is 44.0 Å². The van der Waals surface area contributed by atoms with Crippen LogP contribution < -0.4 is 5.32 Å². The van der Waals surface area contributed by atoms with Crippen molar-refractivity contribution < 1.29 is 14.7 Å². The lowest BCUT2D eigenvalue weighted by Gasteiger charge is -2.46. The third-order valence-electron chi connectivity index (χ3n) is 4.89. The Balaban J connectivity index is 2.09. The molecule has 1 saturated carbocycles. The van der Waals surface area contributed by atoms with Gasteiger partial charge in [-0.15, -0.1) is 11.3 Å². The van der Waals surface area contributed by atoms with Crippen LogP contribution in [0.25, 0.3) is 0 Å². The number of rotatable bonds is 3. The lowest BCUT2D eigenvalue weighted by atomic mass is 9.61. The van der Waals surface area contributed by atoms with Crippen molar-refractivity contribution in [3.05, 3.63) is 19.9 Å². The Kier molecular flexibility index (Phi) is 4.97. The zero-order chi connectivity index (χ0) is 15.8. The van der Waals surface area contributed by atoms with E-state index < -0.39 is 5.97 Å². The van der Waals surface area contributed by atoms with Crippen LogP contribution in [0.2, 0.25) is 0 Å². The van der Waals surface area contributed by atoms with E-state index in [4.69, 9.17) is 0 Å². The van der Waals surface area contributed by atoms with E-state index >= 15 is 0 Å². The number of carboxylic acid groups (broad SMARTS) is 1. The predicted octanol–water partition coefficient (Wildman–Crippen LogP) is 3.61. The van der Waals surface area contributed by atoms with E-state index in [-0.39, 0.29) is 29.2 Å². The average Bonchev–Trinajstić information content (AvgIpc) is 2.81. The molecular weight excluding hydrogens is 401 g/mol. The Morgan fingerprint density at radius 3 is 2.62 bits per heavy atom. The molecule has 0 radical (unpaired) electrons. The molecule has 21 heavy (non-hydrogen) atoms. The highest BCUT2D eigenvalue weighted by Crippen LogP contribution is 2.45. The van der Waals surface area contributed by atoms with Gasteiger partial charge in [0.15, 0.2) is 0 Å². The number of hydrogen-bond donors (Lipinski definition) is 2. The van der Waals surface area contributed by atoms with Gasteiger partial charge in [0.2, 0.25) is 0 Å². The van der Waals surface area contributed by atoms with E-state index in [2.05, 4.69) is 27.9 Å². The molecule has 1 aromatic heterocycles. The van der Waals surface area contributed by atoms with Gasteiger partial charge in [-0.25, -0.2) is 0 Å². The van der Waals surface area contributed by atoms with Crippen LogP contribution in [0.5, 0.6) is 0 Å². The van der Waals surface area contributed by atoms with Gasteiger partial charge in [0.05, 0.1) is 14.4 Å². The minimum Gasteiger partial charge on any atom is -0.481 e. The van der Waals surface area contributed by atoms with Gasteiger partial charge in [0.1, 0.15) is 0 Å². The number of carboxylic acids is 1. The fourth-order valence-corrected chi connectivity index (χ4v) is 4.45. The summed E-state index contributed by atoms with van der Waals surface area (Å²) < 4.78 is 1.08. The third-order valence-corrected chi connectivity index (χ3v) is 6.67. The summed E-state index contributed by atoms with van der Waals surface area (Å²) in [5.74, 6) is -1.02. The Hall–Kier alpha value is -0.630. The van der Waals surface area contributed by atoms with Crippen molar-refractivity contribution in [1.82, 2.24) is 5.32 Å². The zero-order valence-corrected chi connectivity index (χ0v) is 15.3. The molecule has 0 bridgehead atoms. The highest BCUT2D eigenvalue weighted by molar-refractivity contribution is 14.1. The molecule has 1 heterocycles. The van der Waals surface area contributed by atoms with Crippen molar-refractivity contribution in [1.29, 1.82) is 0 Å². The maximum atomic E-state index is 12.3. The lowest BCUT2D eigenvalue weighted by Crippen LogP contribution is -2.52. The third kappa shape index (κ3) is 3.41. The summed E-state index contributed by atoms with van der Waals surface area (Å²) in [7, 11) is 0. The second kappa shape index (κ2) is 6.24. The number of carbonyl (C=O) groups is 2. The van der Waals surface area contributed by atoms with Crippen molar-refractivity contribution in [2.24, 2.45) is 17.3 Å². The first-order valence-electron chi connectivity index (χ1n) is 7.01. The van der Waals surface area contributed by atoms with Gasteiger partial charge in [-0.2, -0.15) is 0 Å². The first kappa shape index (κ1) is 16.7. The topological polar surface area (TPSA) is 66.4 Å². The van der Waals surface area contributed by atoms with Crippen molar-refractivity contribution in [3.8, 4) is 0 Å². The maximum Gasteiger partial charge on any atom is 0.307 e. The maximum absolute atomic E-state index is 12.3. The molecule has 6 heteroatoms. The van der Waals surface area contributed by atoms with Gasteiger partial charge in [-0.3, -0.25) is 9.59 Å². The Bertz CT molecular complexity index is 555. The second-order valence-corrected chi connectivity index (χ2v) is 9.10. The van der Waals surface area contributed by atoms with E-state index in [0.717, 1.165) is 2.88 Å². The molecule has 2 rings (SSSR count). The second-order valence-electron chi connectivity index (χ2n) is 6.30. The molecule has 3 atom stereocenters. The number of hydrogen-bond acceptors (Lipinski definition) is 3. The molecule has 0 aliphatic heterocycles. The van der Waals surface area contributed by atoms with E-state index in [1.165, 1.54) is 0 Å². The molecule has 1 aromatic rings. The first-order chi connectivity index (χ1) is 9.73. The predicted molar refractivity (Wildman–Crippen MR) is 91.6 cm³/mol. The van der Waals surface area contributed by atoms with E-state index in [9.17, 15) is 14.7 Å². The molecule has 1 fully saturated rings. The van der Waals surface area contributed by atoms with Gasteiger partial charge in [-0.05, 0) is 52.8 Å². The van der Waals surface area contributed by atoms with Crippen molar-refractivity contribution in [2.75, 3.05) is 0 Å². The van der Waals surface area contributed by atoms with E-state index in [0.29, 0.717) is 18.4 Å². The fraction of sp³-hybridized carbons (Fsp3) is 0.600. The van der Waals surface area contributed by atoms with Crippen LogP contribution in [0.15, 0.2) is 11.4 Å². The van der Waals surface area contributed by atoms with Crippen LogP contribution in [-0.2, 0) is 4.79 Å². The monoisotopic (exact) mass is 421 g/mol. The minimum atomic E-state index is -0.732. The number of thiophene rings is 1. The Morgan fingerprint density at radius 1 is 1.43 bits per heavy atom. The Labute approximate surface area is 142 Å². The normalized spacial score (nSPS) is 28.1. The summed E-state index contributed by atoms with van der Waals surface area (Å²) >= 11 is 3.75.